The van der Waals surface area contributed by atoms with Crippen LogP contribution in [0.3, 0.4) is 0 Å². The molecule has 35 atom stereocenters. The fourth-order valence-electron chi connectivity index (χ4n) is 19.7. The Labute approximate surface area is 592 Å². The normalized spacial score (nSPS) is 49.2. The molecule has 4 aliphatic heterocycles. The number of fused-ring (bicyclic) bond motifs is 7. The molecule has 0 spiro atoms. The molecule has 4 saturated heterocycles. The second-order valence-electron chi connectivity index (χ2n) is 32.5. The molecule has 0 amide bonds. The van der Waals surface area contributed by atoms with E-state index < -0.39 is 236 Å². The molecule has 6 aliphatic carbocycles. The second-order valence-corrected chi connectivity index (χ2v) is 32.5. The fraction of sp³-hybridized carbons (Fsp3) is 0.795. The number of carbonyl (C=O) groups excluding carboxylic acids is 5. The van der Waals surface area contributed by atoms with E-state index in [0.29, 0.717) is 37.7 Å². The summed E-state index contributed by atoms with van der Waals surface area (Å²) >= 11 is 0. The first kappa shape index (κ1) is 78.5. The van der Waals surface area contributed by atoms with Crippen LogP contribution < -0.4 is 0 Å². The van der Waals surface area contributed by atoms with Crippen molar-refractivity contribution in [2.24, 2.45) is 62.1 Å². The molecule has 25 unspecified atom stereocenters. The van der Waals surface area contributed by atoms with Crippen molar-refractivity contribution in [3.8, 4) is 0 Å². The lowest BCUT2D eigenvalue weighted by atomic mass is 9.32. The van der Waals surface area contributed by atoms with Gasteiger partial charge in [-0.3, -0.25) is 14.4 Å². The number of rotatable bonds is 19. The molecule has 9 fully saturated rings. The van der Waals surface area contributed by atoms with Crippen LogP contribution in [0.25, 0.3) is 6.08 Å². The first-order valence-electron chi connectivity index (χ1n) is 35.9. The topological polar surface area (TPSA) is 439 Å². The van der Waals surface area contributed by atoms with Gasteiger partial charge in [0.2, 0.25) is 6.29 Å². The average Bonchev–Trinajstić information content (AvgIpc) is 0.671. The Bertz CT molecular complexity index is 3190. The standard InChI is InChI=1S/C73H106O29/c1-33-11-13-37(14-12-33)15-18-48(80)99-58-35(3)93-65(62(60(58)94-36(4)77)95-41-25-34(2)49(81)54(86)51(41)83)102-67(90)73-24-23-68(5,6)26-39(73)38-16-17-45-69(7)21-20-47(70(8,31-75)44(69)19-22-71(45,9)72(38,10)27-46(73)79)98-66-61(101-64-57(89)55(87)52(84)42(28-74)96-64)59(53(85)43(97-66)30-91-32-76)100-63-56(88)50(82)40(78)29-92-63/h11-18,31-32,34-35,38-47,49-66,74,78-79,81-89H,19-30H2,1-10H3/b18-15-/t34?,35?,38?,39-,40?,41?,42?,43?,44+,45+,46+,47-,49?,50?,51?,52?,53?,54?,55?,56?,57?,58?,59?,60?,61?,62?,63?,64?,65?,66?,69-,70-,71+,72+,73+/m0/s1. The Morgan fingerprint density at radius 2 is 1.28 bits per heavy atom. The van der Waals surface area contributed by atoms with Gasteiger partial charge in [-0.05, 0) is 135 Å². The van der Waals surface area contributed by atoms with Crippen LogP contribution in [0.1, 0.15) is 131 Å². The van der Waals surface area contributed by atoms with Gasteiger partial charge in [0.15, 0.2) is 37.2 Å². The molecule has 29 nitrogen and oxygen atoms in total. The Kier molecular flexibility index (Phi) is 23.3. The highest BCUT2D eigenvalue weighted by atomic mass is 16.8. The minimum absolute atomic E-state index is 0.0198. The molecule has 12 N–H and O–H groups in total. The molecule has 1 aromatic rings. The lowest BCUT2D eigenvalue weighted by molar-refractivity contribution is -0.395. The molecule has 5 saturated carbocycles. The third-order valence-corrected chi connectivity index (χ3v) is 25.7. The number of aryl methyl sites for hydroxylation is 1. The van der Waals surface area contributed by atoms with Crippen molar-refractivity contribution in [1.82, 2.24) is 0 Å². The third kappa shape index (κ3) is 14.1. The second kappa shape index (κ2) is 30.2. The van der Waals surface area contributed by atoms with E-state index in [1.54, 1.807) is 26.8 Å². The number of hydrogen-bond donors (Lipinski definition) is 12. The molecule has 29 heteroatoms. The zero-order valence-corrected chi connectivity index (χ0v) is 59.4. The van der Waals surface area contributed by atoms with Crippen molar-refractivity contribution in [3.63, 3.8) is 0 Å². The summed E-state index contributed by atoms with van der Waals surface area (Å²) in [5.74, 6) is -4.78. The SMILES string of the molecule is CC(=O)OC1C(OC(=O)/C=C\c2ccc(C)cc2)C(C)OC(OC(=O)[C@]23CCC(C)(C)C[C@H]2C2C=C[C@@H]4[C@@]5(C)CC[C@H](OC6OC(COC=O)C(O)C(OC7OCC(O)C(O)C7O)C6OC6OC(CO)C(O)C(O)C6O)[C@@](C)(C=O)[C@@H]5CC[C@@]4(C)[C@]2(C)C[C@H]3O)C1OC1CC(C)C(O)C(O)C1O. The highest BCUT2D eigenvalue weighted by Gasteiger charge is 2.74. The molecule has 0 radical (unpaired) electrons. The fourth-order valence-corrected chi connectivity index (χ4v) is 19.7. The molecule has 11 rings (SSSR count). The highest BCUT2D eigenvalue weighted by molar-refractivity contribution is 5.87. The molecule has 4 heterocycles. The van der Waals surface area contributed by atoms with E-state index in [9.17, 15) is 80.5 Å². The molecular weight excluding hydrogens is 1340 g/mol. The summed E-state index contributed by atoms with van der Waals surface area (Å²) in [4.78, 5) is 69.0. The number of ether oxygens (including phenoxy) is 12. The number of esters is 3. The van der Waals surface area contributed by atoms with Gasteiger partial charge < -0.3 is 123 Å². The Morgan fingerprint density at radius 1 is 0.618 bits per heavy atom. The highest BCUT2D eigenvalue weighted by Crippen LogP contribution is 2.76. The maximum absolute atomic E-state index is 16.0. The van der Waals surface area contributed by atoms with Gasteiger partial charge in [0.25, 0.3) is 6.47 Å². The van der Waals surface area contributed by atoms with Crippen molar-refractivity contribution in [1.29, 1.82) is 0 Å². The van der Waals surface area contributed by atoms with Crippen molar-refractivity contribution in [2.75, 3.05) is 19.8 Å². The van der Waals surface area contributed by atoms with Gasteiger partial charge in [-0.15, -0.1) is 0 Å². The minimum atomic E-state index is -2.02. The quantitative estimate of drug-likeness (QED) is 0.0224. The summed E-state index contributed by atoms with van der Waals surface area (Å²) < 4.78 is 74.1. The van der Waals surface area contributed by atoms with Gasteiger partial charge in [-0.1, -0.05) is 90.4 Å². The van der Waals surface area contributed by atoms with Crippen molar-refractivity contribution in [2.45, 2.75) is 280 Å². The van der Waals surface area contributed by atoms with Gasteiger partial charge in [0.1, 0.15) is 92.2 Å². The summed E-state index contributed by atoms with van der Waals surface area (Å²) in [7, 11) is 0. The van der Waals surface area contributed by atoms with Crippen LogP contribution in [0, 0.1) is 69.0 Å². The third-order valence-electron chi connectivity index (χ3n) is 25.7. The smallest absolute Gasteiger partial charge is 0.331 e. The van der Waals surface area contributed by atoms with Gasteiger partial charge in [-0.25, -0.2) is 4.79 Å². The maximum atomic E-state index is 16.0. The Morgan fingerprint density at radius 3 is 1.96 bits per heavy atom. The van der Waals surface area contributed by atoms with Gasteiger partial charge >= 0.3 is 17.9 Å². The molecule has 102 heavy (non-hydrogen) atoms. The van der Waals surface area contributed by atoms with Crippen LogP contribution in [-0.4, -0.2) is 265 Å². The molecule has 572 valence electrons. The van der Waals surface area contributed by atoms with E-state index in [-0.39, 0.29) is 49.4 Å². The van der Waals surface area contributed by atoms with Crippen LogP contribution in [0.4, 0.5) is 0 Å². The minimum Gasteiger partial charge on any atom is -0.465 e. The predicted molar refractivity (Wildman–Crippen MR) is 350 cm³/mol. The van der Waals surface area contributed by atoms with Crippen LogP contribution in [-0.2, 0) is 80.8 Å². The zero-order valence-electron chi connectivity index (χ0n) is 59.4. The Hall–Kier alpha value is -4.55. The summed E-state index contributed by atoms with van der Waals surface area (Å²) in [6, 6.07) is 7.37. The van der Waals surface area contributed by atoms with E-state index >= 15 is 4.79 Å². The lowest BCUT2D eigenvalue weighted by Gasteiger charge is -2.72. The summed E-state index contributed by atoms with van der Waals surface area (Å²) in [5.41, 5.74) is -3.70. The van der Waals surface area contributed by atoms with E-state index in [0.717, 1.165) is 18.8 Å². The number of hydrogen-bond acceptors (Lipinski definition) is 29. The molecular formula is C73H106O29. The van der Waals surface area contributed by atoms with Crippen molar-refractivity contribution < 1.29 is 142 Å². The first-order valence-corrected chi connectivity index (χ1v) is 35.9. The summed E-state index contributed by atoms with van der Waals surface area (Å²) in [6.45, 7) is 16.9. The van der Waals surface area contributed by atoms with Gasteiger partial charge in [0, 0.05) is 13.0 Å². The molecule has 0 aromatic heterocycles. The molecule has 10 aliphatic rings. The van der Waals surface area contributed by atoms with Crippen LogP contribution in [0.15, 0.2) is 42.5 Å². The van der Waals surface area contributed by atoms with Crippen molar-refractivity contribution >= 4 is 36.7 Å². The Balaban J connectivity index is 0.894. The van der Waals surface area contributed by atoms with Crippen molar-refractivity contribution in [3.05, 3.63) is 53.6 Å². The number of allylic oxidation sites excluding steroid dienone is 2. The number of carbonyl (C=O) groups is 5. The van der Waals surface area contributed by atoms with Crippen LogP contribution in [0.5, 0.6) is 0 Å². The predicted octanol–water partition coefficient (Wildman–Crippen LogP) is 0.477. The summed E-state index contributed by atoms with van der Waals surface area (Å²) in [5, 5.41) is 134. The van der Waals surface area contributed by atoms with E-state index in [4.69, 9.17) is 56.8 Å². The zero-order chi connectivity index (χ0) is 74.2. The number of aldehydes is 1. The van der Waals surface area contributed by atoms with Crippen LogP contribution >= 0.6 is 0 Å². The van der Waals surface area contributed by atoms with Gasteiger partial charge in [0.05, 0.1) is 54.6 Å². The maximum Gasteiger partial charge on any atom is 0.331 e. The van der Waals surface area contributed by atoms with E-state index in [1.165, 1.54) is 6.08 Å². The summed E-state index contributed by atoms with van der Waals surface area (Å²) in [6.07, 6.45) is -30.1. The largest absolute Gasteiger partial charge is 0.465 e. The van der Waals surface area contributed by atoms with Crippen LogP contribution in [0.2, 0.25) is 0 Å². The number of aliphatic hydroxyl groups excluding tert-OH is 12. The van der Waals surface area contributed by atoms with E-state index in [2.05, 4.69) is 46.8 Å². The monoisotopic (exact) mass is 1450 g/mol. The number of benzene rings is 1. The first-order chi connectivity index (χ1) is 48.0. The average molecular weight is 1450 g/mol. The number of aliphatic hydroxyl groups is 12. The molecule has 1 aromatic carbocycles. The lowest BCUT2D eigenvalue weighted by Crippen LogP contribution is -2.70. The molecule has 0 bridgehead atoms. The van der Waals surface area contributed by atoms with Gasteiger partial charge in [-0.2, -0.15) is 0 Å². The van der Waals surface area contributed by atoms with E-state index in [1.807, 2.05) is 31.2 Å².